The first-order valence-electron chi connectivity index (χ1n) is 6.63. The lowest BCUT2D eigenvalue weighted by molar-refractivity contribution is 0.494. The Balaban J connectivity index is 1.80. The molecular formula is C13H23N3. The van der Waals surface area contributed by atoms with E-state index in [2.05, 4.69) is 28.0 Å². The van der Waals surface area contributed by atoms with Gasteiger partial charge in [-0.15, -0.1) is 0 Å². The van der Waals surface area contributed by atoms with E-state index in [1.165, 1.54) is 44.3 Å². The Bertz CT molecular complexity index is 300. The van der Waals surface area contributed by atoms with Crippen molar-refractivity contribution in [2.75, 3.05) is 0 Å². The van der Waals surface area contributed by atoms with Gasteiger partial charge in [-0.25, -0.2) is 4.98 Å². The Morgan fingerprint density at radius 2 is 2.25 bits per heavy atom. The van der Waals surface area contributed by atoms with Crippen LogP contribution >= 0.6 is 0 Å². The van der Waals surface area contributed by atoms with Gasteiger partial charge in [-0.3, -0.25) is 0 Å². The van der Waals surface area contributed by atoms with Gasteiger partial charge in [-0.05, 0) is 19.3 Å². The van der Waals surface area contributed by atoms with Crippen molar-refractivity contribution in [2.45, 2.75) is 64.6 Å². The van der Waals surface area contributed by atoms with Crippen LogP contribution in [0.3, 0.4) is 0 Å². The number of aryl methyl sites for hydroxylation is 1. The van der Waals surface area contributed by atoms with Gasteiger partial charge in [0.1, 0.15) is 5.82 Å². The molecule has 3 nitrogen and oxygen atoms in total. The second-order valence-electron chi connectivity index (χ2n) is 4.75. The average Bonchev–Trinajstić information content (AvgIpc) is 2.94. The van der Waals surface area contributed by atoms with Crippen LogP contribution in [0.5, 0.6) is 0 Å². The van der Waals surface area contributed by atoms with Crippen LogP contribution in [0.15, 0.2) is 12.4 Å². The highest BCUT2D eigenvalue weighted by Crippen LogP contribution is 2.17. The molecule has 1 heterocycles. The minimum absolute atomic E-state index is 0.733. The maximum atomic E-state index is 4.43. The van der Waals surface area contributed by atoms with Crippen LogP contribution < -0.4 is 5.32 Å². The monoisotopic (exact) mass is 221 g/mol. The van der Waals surface area contributed by atoms with Gasteiger partial charge < -0.3 is 9.88 Å². The van der Waals surface area contributed by atoms with Gasteiger partial charge in [0.25, 0.3) is 0 Å². The summed E-state index contributed by atoms with van der Waals surface area (Å²) in [6.07, 6.45) is 12.0. The molecule has 0 amide bonds. The van der Waals surface area contributed by atoms with Gasteiger partial charge in [-0.1, -0.05) is 26.2 Å². The molecule has 1 aromatic heterocycles. The molecule has 1 N–H and O–H groups in total. The van der Waals surface area contributed by atoms with Gasteiger partial charge in [0, 0.05) is 25.0 Å². The zero-order valence-electron chi connectivity index (χ0n) is 10.3. The SMILES string of the molecule is CCCCn1ccnc1CNC1CCCC1. The third-order valence-corrected chi connectivity index (χ3v) is 3.46. The zero-order chi connectivity index (χ0) is 11.2. The molecule has 0 aliphatic heterocycles. The number of nitrogens with zero attached hydrogens (tertiary/aromatic N) is 2. The summed E-state index contributed by atoms with van der Waals surface area (Å²) in [5, 5.41) is 3.62. The standard InChI is InChI=1S/C13H23N3/c1-2-3-9-16-10-8-14-13(16)11-15-12-6-4-5-7-12/h8,10,12,15H,2-7,9,11H2,1H3. The summed E-state index contributed by atoms with van der Waals surface area (Å²) in [5.74, 6) is 1.19. The molecule has 0 spiro atoms. The molecule has 0 aromatic carbocycles. The van der Waals surface area contributed by atoms with Crippen molar-refractivity contribution in [1.29, 1.82) is 0 Å². The van der Waals surface area contributed by atoms with Crippen molar-refractivity contribution in [3.05, 3.63) is 18.2 Å². The van der Waals surface area contributed by atoms with Gasteiger partial charge in [0.15, 0.2) is 0 Å². The van der Waals surface area contributed by atoms with E-state index in [1.807, 2.05) is 6.20 Å². The smallest absolute Gasteiger partial charge is 0.122 e. The lowest BCUT2D eigenvalue weighted by Crippen LogP contribution is -2.26. The van der Waals surface area contributed by atoms with Crippen molar-refractivity contribution >= 4 is 0 Å². The molecule has 1 saturated carbocycles. The zero-order valence-corrected chi connectivity index (χ0v) is 10.3. The maximum Gasteiger partial charge on any atom is 0.122 e. The topological polar surface area (TPSA) is 29.9 Å². The fourth-order valence-corrected chi connectivity index (χ4v) is 2.40. The Labute approximate surface area is 98.3 Å². The second kappa shape index (κ2) is 6.04. The van der Waals surface area contributed by atoms with Crippen molar-refractivity contribution in [3.8, 4) is 0 Å². The first kappa shape index (κ1) is 11.6. The molecule has 1 fully saturated rings. The normalized spacial score (nSPS) is 17.1. The third-order valence-electron chi connectivity index (χ3n) is 3.46. The number of aromatic nitrogens is 2. The fraction of sp³-hybridized carbons (Fsp3) is 0.769. The predicted octanol–water partition coefficient (Wildman–Crippen LogP) is 2.72. The van der Waals surface area contributed by atoms with Crippen LogP contribution in [-0.4, -0.2) is 15.6 Å². The quantitative estimate of drug-likeness (QED) is 0.800. The maximum absolute atomic E-state index is 4.43. The van der Waals surface area contributed by atoms with E-state index in [4.69, 9.17) is 0 Å². The van der Waals surface area contributed by atoms with E-state index in [9.17, 15) is 0 Å². The van der Waals surface area contributed by atoms with Crippen molar-refractivity contribution < 1.29 is 0 Å². The largest absolute Gasteiger partial charge is 0.334 e. The van der Waals surface area contributed by atoms with Gasteiger partial charge in [-0.2, -0.15) is 0 Å². The molecule has 1 aliphatic carbocycles. The minimum atomic E-state index is 0.733. The van der Waals surface area contributed by atoms with E-state index in [1.54, 1.807) is 0 Å². The van der Waals surface area contributed by atoms with E-state index in [0.29, 0.717) is 0 Å². The van der Waals surface area contributed by atoms with Gasteiger partial charge >= 0.3 is 0 Å². The lowest BCUT2D eigenvalue weighted by atomic mass is 10.2. The lowest BCUT2D eigenvalue weighted by Gasteiger charge is -2.12. The number of hydrogen-bond donors (Lipinski definition) is 1. The number of nitrogens with one attached hydrogen (secondary N) is 1. The Morgan fingerprint density at radius 1 is 1.44 bits per heavy atom. The Hall–Kier alpha value is -0.830. The number of hydrogen-bond acceptors (Lipinski definition) is 2. The van der Waals surface area contributed by atoms with Crippen LogP contribution in [-0.2, 0) is 13.1 Å². The molecule has 1 aromatic rings. The molecule has 1 aliphatic rings. The molecule has 0 saturated heterocycles. The Morgan fingerprint density at radius 3 is 3.00 bits per heavy atom. The van der Waals surface area contributed by atoms with Crippen LogP contribution in [0.1, 0.15) is 51.3 Å². The fourth-order valence-electron chi connectivity index (χ4n) is 2.40. The summed E-state index contributed by atoms with van der Waals surface area (Å²) in [5.41, 5.74) is 0. The molecule has 0 bridgehead atoms. The summed E-state index contributed by atoms with van der Waals surface area (Å²) in [6, 6.07) is 0.733. The molecular weight excluding hydrogens is 198 g/mol. The molecule has 3 heteroatoms. The molecule has 90 valence electrons. The van der Waals surface area contributed by atoms with Crippen molar-refractivity contribution in [2.24, 2.45) is 0 Å². The van der Waals surface area contributed by atoms with Crippen LogP contribution in [0.4, 0.5) is 0 Å². The summed E-state index contributed by atoms with van der Waals surface area (Å²) in [4.78, 5) is 4.43. The third kappa shape index (κ3) is 3.08. The molecule has 0 atom stereocenters. The van der Waals surface area contributed by atoms with Crippen LogP contribution in [0, 0.1) is 0 Å². The van der Waals surface area contributed by atoms with E-state index < -0.39 is 0 Å². The van der Waals surface area contributed by atoms with Gasteiger partial charge in [0.2, 0.25) is 0 Å². The number of unbranched alkanes of at least 4 members (excludes halogenated alkanes) is 1. The first-order valence-corrected chi connectivity index (χ1v) is 6.63. The Kier molecular flexibility index (Phi) is 4.40. The van der Waals surface area contributed by atoms with Crippen molar-refractivity contribution in [1.82, 2.24) is 14.9 Å². The highest BCUT2D eigenvalue weighted by atomic mass is 15.1. The highest BCUT2D eigenvalue weighted by molar-refractivity contribution is 4.92. The number of imidazole rings is 1. The highest BCUT2D eigenvalue weighted by Gasteiger charge is 2.14. The van der Waals surface area contributed by atoms with E-state index in [0.717, 1.165) is 19.1 Å². The van der Waals surface area contributed by atoms with Crippen LogP contribution in [0.2, 0.25) is 0 Å². The number of rotatable bonds is 6. The first-order chi connectivity index (χ1) is 7.90. The molecule has 2 rings (SSSR count). The van der Waals surface area contributed by atoms with Crippen molar-refractivity contribution in [3.63, 3.8) is 0 Å². The minimum Gasteiger partial charge on any atom is -0.334 e. The summed E-state index contributed by atoms with van der Waals surface area (Å²) >= 11 is 0. The predicted molar refractivity (Wildman–Crippen MR) is 66.2 cm³/mol. The second-order valence-corrected chi connectivity index (χ2v) is 4.75. The van der Waals surface area contributed by atoms with Crippen LogP contribution in [0.25, 0.3) is 0 Å². The van der Waals surface area contributed by atoms with E-state index >= 15 is 0 Å². The molecule has 16 heavy (non-hydrogen) atoms. The summed E-state index contributed by atoms with van der Waals surface area (Å²) in [7, 11) is 0. The van der Waals surface area contributed by atoms with Gasteiger partial charge in [0.05, 0.1) is 6.54 Å². The summed E-state index contributed by atoms with van der Waals surface area (Å²) < 4.78 is 2.28. The molecule has 0 radical (unpaired) electrons. The summed E-state index contributed by atoms with van der Waals surface area (Å²) in [6.45, 7) is 4.27. The average molecular weight is 221 g/mol. The molecule has 0 unspecified atom stereocenters. The van der Waals surface area contributed by atoms with E-state index in [-0.39, 0.29) is 0 Å².